The maximum Gasteiger partial charge on any atom is 0.221 e. The van der Waals surface area contributed by atoms with Crippen molar-refractivity contribution in [3.63, 3.8) is 0 Å². The van der Waals surface area contributed by atoms with Crippen molar-refractivity contribution in [2.45, 2.75) is 19.8 Å². The van der Waals surface area contributed by atoms with Gasteiger partial charge in [0.05, 0.1) is 11.9 Å². The van der Waals surface area contributed by atoms with E-state index in [9.17, 15) is 0 Å². The van der Waals surface area contributed by atoms with Gasteiger partial charge in [0.1, 0.15) is 0 Å². The van der Waals surface area contributed by atoms with Crippen molar-refractivity contribution in [3.8, 4) is 0 Å². The summed E-state index contributed by atoms with van der Waals surface area (Å²) in [5.74, 6) is 0.402. The van der Waals surface area contributed by atoms with Gasteiger partial charge in [-0.3, -0.25) is 0 Å². The van der Waals surface area contributed by atoms with Crippen LogP contribution in [0, 0.1) is 6.33 Å². The first kappa shape index (κ1) is 6.13. The summed E-state index contributed by atoms with van der Waals surface area (Å²) in [5, 5.41) is 7.33. The normalized spacial score (nSPS) is 10.1. The SMILES string of the molecule is CC(C)c1cn[c]nn1. The lowest BCUT2D eigenvalue weighted by molar-refractivity contribution is 0.763. The third kappa shape index (κ3) is 1.45. The second-order valence-electron chi connectivity index (χ2n) is 2.14. The average molecular weight is 122 g/mol. The van der Waals surface area contributed by atoms with E-state index in [-0.39, 0.29) is 0 Å². The summed E-state index contributed by atoms with van der Waals surface area (Å²) in [5.41, 5.74) is 0.911. The topological polar surface area (TPSA) is 38.7 Å². The van der Waals surface area contributed by atoms with E-state index in [1.807, 2.05) is 13.8 Å². The van der Waals surface area contributed by atoms with Crippen LogP contribution in [0.25, 0.3) is 0 Å². The van der Waals surface area contributed by atoms with Crippen LogP contribution < -0.4 is 0 Å². The van der Waals surface area contributed by atoms with E-state index in [0.717, 1.165) is 5.69 Å². The van der Waals surface area contributed by atoms with Crippen LogP contribution in [0.5, 0.6) is 0 Å². The molecule has 0 spiro atoms. The van der Waals surface area contributed by atoms with Crippen molar-refractivity contribution >= 4 is 0 Å². The molecule has 3 nitrogen and oxygen atoms in total. The Morgan fingerprint density at radius 1 is 1.56 bits per heavy atom. The molecule has 1 rings (SSSR count). The van der Waals surface area contributed by atoms with Crippen molar-refractivity contribution in [2.24, 2.45) is 0 Å². The van der Waals surface area contributed by atoms with Gasteiger partial charge in [0.25, 0.3) is 0 Å². The van der Waals surface area contributed by atoms with E-state index in [1.165, 1.54) is 0 Å². The molecule has 0 N–H and O–H groups in total. The zero-order valence-corrected chi connectivity index (χ0v) is 5.50. The molecule has 1 radical (unpaired) electrons. The third-order valence-corrected chi connectivity index (χ3v) is 1.06. The van der Waals surface area contributed by atoms with Gasteiger partial charge in [0.2, 0.25) is 6.33 Å². The van der Waals surface area contributed by atoms with Crippen LogP contribution in [0.15, 0.2) is 6.20 Å². The van der Waals surface area contributed by atoms with Crippen LogP contribution in [-0.4, -0.2) is 15.2 Å². The van der Waals surface area contributed by atoms with Gasteiger partial charge in [0.15, 0.2) is 0 Å². The fraction of sp³-hybridized carbons (Fsp3) is 0.500. The Hall–Kier alpha value is -0.990. The summed E-state index contributed by atoms with van der Waals surface area (Å²) >= 11 is 0. The van der Waals surface area contributed by atoms with E-state index in [2.05, 4.69) is 21.5 Å². The molecule has 0 aliphatic carbocycles. The van der Waals surface area contributed by atoms with E-state index < -0.39 is 0 Å². The van der Waals surface area contributed by atoms with Gasteiger partial charge in [-0.2, -0.15) is 5.10 Å². The zero-order valence-electron chi connectivity index (χ0n) is 5.50. The molecule has 1 aromatic rings. The minimum Gasteiger partial charge on any atom is -0.230 e. The van der Waals surface area contributed by atoms with Crippen LogP contribution in [0.2, 0.25) is 0 Å². The smallest absolute Gasteiger partial charge is 0.221 e. The lowest BCUT2D eigenvalue weighted by atomic mass is 10.2. The highest BCUT2D eigenvalue weighted by Crippen LogP contribution is 2.05. The first-order chi connectivity index (χ1) is 4.30. The van der Waals surface area contributed by atoms with E-state index in [0.29, 0.717) is 5.92 Å². The average Bonchev–Trinajstić information content (AvgIpc) is 1.90. The molecular weight excluding hydrogens is 114 g/mol. The molecular formula is C6H8N3. The maximum atomic E-state index is 3.81. The number of aromatic nitrogens is 3. The second-order valence-corrected chi connectivity index (χ2v) is 2.14. The monoisotopic (exact) mass is 122 g/mol. The number of hydrogen-bond donors (Lipinski definition) is 0. The second kappa shape index (κ2) is 2.53. The maximum absolute atomic E-state index is 3.81. The largest absolute Gasteiger partial charge is 0.230 e. The molecule has 1 aromatic heterocycles. The first-order valence-electron chi connectivity index (χ1n) is 2.86. The standard InChI is InChI=1S/C6H8N3/c1-5(2)6-3-7-4-8-9-6/h3,5H,1-2H3. The quantitative estimate of drug-likeness (QED) is 0.553. The predicted molar refractivity (Wildman–Crippen MR) is 32.8 cm³/mol. The molecule has 0 unspecified atom stereocenters. The van der Waals surface area contributed by atoms with Crippen molar-refractivity contribution in [2.75, 3.05) is 0 Å². The molecule has 1 heterocycles. The molecule has 0 saturated heterocycles. The Morgan fingerprint density at radius 2 is 2.33 bits per heavy atom. The van der Waals surface area contributed by atoms with Crippen molar-refractivity contribution in [1.29, 1.82) is 0 Å². The lowest BCUT2D eigenvalue weighted by Crippen LogP contribution is -1.94. The molecule has 0 aliphatic heterocycles. The van der Waals surface area contributed by atoms with Crippen molar-refractivity contribution in [1.82, 2.24) is 15.2 Å². The number of nitrogens with zero attached hydrogens (tertiary/aromatic N) is 3. The molecule has 0 atom stereocenters. The summed E-state index contributed by atoms with van der Waals surface area (Å²) in [6.45, 7) is 4.09. The first-order valence-corrected chi connectivity index (χ1v) is 2.86. The molecule has 0 fully saturated rings. The Kier molecular flexibility index (Phi) is 1.72. The molecule has 0 aliphatic rings. The highest BCUT2D eigenvalue weighted by atomic mass is 15.1. The lowest BCUT2D eigenvalue weighted by Gasteiger charge is -1.97. The summed E-state index contributed by atoms with van der Waals surface area (Å²) in [7, 11) is 0. The summed E-state index contributed by atoms with van der Waals surface area (Å²) in [6.07, 6.45) is 4.05. The third-order valence-electron chi connectivity index (χ3n) is 1.06. The molecule has 47 valence electrons. The summed E-state index contributed by atoms with van der Waals surface area (Å²) < 4.78 is 0. The van der Waals surface area contributed by atoms with E-state index in [1.54, 1.807) is 6.20 Å². The fourth-order valence-electron chi connectivity index (χ4n) is 0.491. The Bertz CT molecular complexity index is 171. The van der Waals surface area contributed by atoms with Gasteiger partial charge < -0.3 is 0 Å². The van der Waals surface area contributed by atoms with E-state index in [4.69, 9.17) is 0 Å². The molecule has 0 amide bonds. The highest BCUT2D eigenvalue weighted by Gasteiger charge is 1.97. The molecule has 0 saturated carbocycles. The highest BCUT2D eigenvalue weighted by molar-refractivity contribution is 4.96. The molecule has 9 heavy (non-hydrogen) atoms. The zero-order chi connectivity index (χ0) is 6.69. The van der Waals surface area contributed by atoms with Crippen molar-refractivity contribution in [3.05, 3.63) is 18.2 Å². The summed E-state index contributed by atoms with van der Waals surface area (Å²) in [4.78, 5) is 3.71. The van der Waals surface area contributed by atoms with Crippen molar-refractivity contribution < 1.29 is 0 Å². The molecule has 0 aromatic carbocycles. The molecule has 3 heteroatoms. The summed E-state index contributed by atoms with van der Waals surface area (Å²) in [6, 6.07) is 0. The Balaban J connectivity index is 2.85. The van der Waals surface area contributed by atoms with Gasteiger partial charge in [-0.05, 0) is 5.92 Å². The van der Waals surface area contributed by atoms with Gasteiger partial charge in [-0.15, -0.1) is 5.10 Å². The van der Waals surface area contributed by atoms with Gasteiger partial charge in [0, 0.05) is 0 Å². The van der Waals surface area contributed by atoms with Gasteiger partial charge in [-0.1, -0.05) is 13.8 Å². The fourth-order valence-corrected chi connectivity index (χ4v) is 0.491. The Morgan fingerprint density at radius 3 is 2.67 bits per heavy atom. The van der Waals surface area contributed by atoms with Crippen LogP contribution in [-0.2, 0) is 0 Å². The van der Waals surface area contributed by atoms with E-state index >= 15 is 0 Å². The van der Waals surface area contributed by atoms with Gasteiger partial charge in [-0.25, -0.2) is 4.98 Å². The van der Waals surface area contributed by atoms with Gasteiger partial charge >= 0.3 is 0 Å². The predicted octanol–water partition coefficient (Wildman–Crippen LogP) is 0.795. The van der Waals surface area contributed by atoms with Crippen LogP contribution in [0.3, 0.4) is 0 Å². The van der Waals surface area contributed by atoms with Crippen LogP contribution >= 0.6 is 0 Å². The van der Waals surface area contributed by atoms with Crippen LogP contribution in [0.4, 0.5) is 0 Å². The number of hydrogen-bond acceptors (Lipinski definition) is 3. The number of rotatable bonds is 1. The minimum absolute atomic E-state index is 0.402. The van der Waals surface area contributed by atoms with Crippen LogP contribution in [0.1, 0.15) is 25.5 Å². The molecule has 0 bridgehead atoms. The minimum atomic E-state index is 0.402. The Labute approximate surface area is 54.2 Å².